The van der Waals surface area contributed by atoms with Crippen molar-refractivity contribution in [3.05, 3.63) is 36.4 Å². The summed E-state index contributed by atoms with van der Waals surface area (Å²) >= 11 is 0. The Morgan fingerprint density at radius 3 is 2.07 bits per heavy atom. The molecule has 3 N–H and O–H groups in total. The third kappa shape index (κ3) is 1.38. The monoisotopic (exact) mass is 202 g/mol. The van der Waals surface area contributed by atoms with Crippen molar-refractivity contribution >= 4 is 16.8 Å². The van der Waals surface area contributed by atoms with Gasteiger partial charge < -0.3 is 15.3 Å². The zero-order chi connectivity index (χ0) is 11.0. The van der Waals surface area contributed by atoms with Crippen molar-refractivity contribution in [1.82, 2.24) is 0 Å². The molecule has 0 unspecified atom stereocenters. The van der Waals surface area contributed by atoms with Gasteiger partial charge >= 0.3 is 0 Å². The number of rotatable bonds is 1. The molecule has 0 bridgehead atoms. The first-order valence-electron chi connectivity index (χ1n) is 4.43. The molecule has 0 aliphatic heterocycles. The highest BCUT2D eigenvalue weighted by Crippen LogP contribution is 2.36. The second-order valence-corrected chi connectivity index (χ2v) is 3.26. The van der Waals surface area contributed by atoms with Gasteiger partial charge in [0.25, 0.3) is 0 Å². The highest BCUT2D eigenvalue weighted by molar-refractivity contribution is 5.96. The molecule has 76 valence electrons. The van der Waals surface area contributed by atoms with Crippen LogP contribution in [0.4, 0.5) is 0 Å². The van der Waals surface area contributed by atoms with Crippen molar-refractivity contribution in [1.29, 1.82) is 0 Å². The lowest BCUT2D eigenvalue weighted by Gasteiger charge is -2.06. The Morgan fingerprint density at radius 1 is 0.867 bits per heavy atom. The van der Waals surface area contributed by atoms with Gasteiger partial charge in [0.05, 0.1) is 0 Å². The predicted octanol–water partition coefficient (Wildman–Crippen LogP) is 2.60. The van der Waals surface area contributed by atoms with Crippen molar-refractivity contribution in [3.8, 4) is 17.2 Å². The van der Waals surface area contributed by atoms with E-state index in [0.717, 1.165) is 5.56 Å². The molecule has 0 saturated heterocycles. The summed E-state index contributed by atoms with van der Waals surface area (Å²) in [5, 5.41) is 29.4. The molecule has 0 fully saturated rings. The molecule has 2 rings (SSSR count). The molecule has 2 aromatic rings. The van der Waals surface area contributed by atoms with Gasteiger partial charge in [0.15, 0.2) is 11.5 Å². The van der Waals surface area contributed by atoms with Gasteiger partial charge in [-0.05, 0) is 29.1 Å². The maximum absolute atomic E-state index is 9.58. The summed E-state index contributed by atoms with van der Waals surface area (Å²) < 4.78 is 0. The Labute approximate surface area is 86.5 Å². The minimum atomic E-state index is -0.251. The number of hydrogen-bond donors (Lipinski definition) is 3. The van der Waals surface area contributed by atoms with Gasteiger partial charge in [0, 0.05) is 5.39 Å². The van der Waals surface area contributed by atoms with Crippen molar-refractivity contribution in [3.63, 3.8) is 0 Å². The van der Waals surface area contributed by atoms with Gasteiger partial charge in [0.1, 0.15) is 5.75 Å². The molecule has 0 aromatic heterocycles. The van der Waals surface area contributed by atoms with Gasteiger partial charge in [0.2, 0.25) is 0 Å². The number of benzene rings is 2. The van der Waals surface area contributed by atoms with Gasteiger partial charge in [-0.25, -0.2) is 0 Å². The number of phenols is 3. The average Bonchev–Trinajstić information content (AvgIpc) is 2.22. The first-order valence-corrected chi connectivity index (χ1v) is 4.43. The minimum Gasteiger partial charge on any atom is -0.507 e. The van der Waals surface area contributed by atoms with E-state index in [2.05, 4.69) is 6.58 Å². The van der Waals surface area contributed by atoms with Crippen LogP contribution in [0.25, 0.3) is 16.8 Å². The van der Waals surface area contributed by atoms with Crippen LogP contribution >= 0.6 is 0 Å². The number of fused-ring (bicyclic) bond motifs is 1. The molecule has 2 aromatic carbocycles. The summed E-state index contributed by atoms with van der Waals surface area (Å²) in [7, 11) is 0. The standard InChI is InChI=1S/C12H10O3/c1-2-7-3-4-10(13)9-6-12(15)11(14)5-8(7)9/h2-6,13-15H,1H2. The molecular formula is C12H10O3. The molecule has 0 saturated carbocycles. The van der Waals surface area contributed by atoms with Crippen LogP contribution in [0.1, 0.15) is 5.56 Å². The second kappa shape index (κ2) is 3.20. The fourth-order valence-electron chi connectivity index (χ4n) is 1.55. The van der Waals surface area contributed by atoms with Crippen molar-refractivity contribution in [2.45, 2.75) is 0 Å². The van der Waals surface area contributed by atoms with Crippen LogP contribution in [0.2, 0.25) is 0 Å². The van der Waals surface area contributed by atoms with Gasteiger partial charge in [-0.3, -0.25) is 0 Å². The van der Waals surface area contributed by atoms with Crippen molar-refractivity contribution in [2.24, 2.45) is 0 Å². The van der Waals surface area contributed by atoms with Crippen molar-refractivity contribution < 1.29 is 15.3 Å². The fraction of sp³-hybridized carbons (Fsp3) is 0. The summed E-state index contributed by atoms with van der Waals surface area (Å²) in [5.41, 5.74) is 0.790. The van der Waals surface area contributed by atoms with Crippen LogP contribution in [-0.2, 0) is 0 Å². The summed E-state index contributed by atoms with van der Waals surface area (Å²) in [6.07, 6.45) is 1.62. The van der Waals surface area contributed by atoms with E-state index in [9.17, 15) is 15.3 Å². The van der Waals surface area contributed by atoms with E-state index in [0.29, 0.717) is 10.8 Å². The van der Waals surface area contributed by atoms with Crippen LogP contribution in [-0.4, -0.2) is 15.3 Å². The SMILES string of the molecule is C=Cc1ccc(O)c2cc(O)c(O)cc12. The van der Waals surface area contributed by atoms with Gasteiger partial charge in [-0.2, -0.15) is 0 Å². The van der Waals surface area contributed by atoms with Gasteiger partial charge in [-0.1, -0.05) is 18.7 Å². The maximum Gasteiger partial charge on any atom is 0.158 e. The smallest absolute Gasteiger partial charge is 0.158 e. The highest BCUT2D eigenvalue weighted by Gasteiger charge is 2.08. The van der Waals surface area contributed by atoms with E-state index in [-0.39, 0.29) is 17.2 Å². The first-order chi connectivity index (χ1) is 7.13. The number of hydrogen-bond acceptors (Lipinski definition) is 3. The van der Waals surface area contributed by atoms with E-state index in [1.807, 2.05) is 0 Å². The molecule has 0 radical (unpaired) electrons. The quantitative estimate of drug-likeness (QED) is 0.623. The predicted molar refractivity (Wildman–Crippen MR) is 59.0 cm³/mol. The second-order valence-electron chi connectivity index (χ2n) is 3.26. The van der Waals surface area contributed by atoms with E-state index < -0.39 is 0 Å². The van der Waals surface area contributed by atoms with Crippen LogP contribution in [0.5, 0.6) is 17.2 Å². The lowest BCUT2D eigenvalue weighted by Crippen LogP contribution is -1.80. The van der Waals surface area contributed by atoms with Gasteiger partial charge in [-0.15, -0.1) is 0 Å². The third-order valence-electron chi connectivity index (χ3n) is 2.34. The zero-order valence-electron chi connectivity index (χ0n) is 7.94. The van der Waals surface area contributed by atoms with Crippen LogP contribution in [0.15, 0.2) is 30.8 Å². The van der Waals surface area contributed by atoms with Crippen LogP contribution in [0.3, 0.4) is 0 Å². The molecular weight excluding hydrogens is 192 g/mol. The third-order valence-corrected chi connectivity index (χ3v) is 2.34. The van der Waals surface area contributed by atoms with Crippen LogP contribution in [0, 0.1) is 0 Å². The molecule has 0 amide bonds. The van der Waals surface area contributed by atoms with E-state index in [1.165, 1.54) is 18.2 Å². The molecule has 0 aliphatic rings. The lowest BCUT2D eigenvalue weighted by atomic mass is 10.0. The Morgan fingerprint density at radius 2 is 1.47 bits per heavy atom. The number of phenolic OH excluding ortho intramolecular Hbond substituents is 3. The fourth-order valence-corrected chi connectivity index (χ4v) is 1.55. The Bertz CT molecular complexity index is 544. The average molecular weight is 202 g/mol. The zero-order valence-corrected chi connectivity index (χ0v) is 7.94. The van der Waals surface area contributed by atoms with E-state index >= 15 is 0 Å². The van der Waals surface area contributed by atoms with Crippen LogP contribution < -0.4 is 0 Å². The minimum absolute atomic E-state index is 0.0610. The summed E-state index contributed by atoms with van der Waals surface area (Å²) in [6, 6.07) is 5.95. The number of aromatic hydroxyl groups is 3. The Hall–Kier alpha value is -2.16. The molecule has 0 heterocycles. The van der Waals surface area contributed by atoms with Crippen molar-refractivity contribution in [2.75, 3.05) is 0 Å². The van der Waals surface area contributed by atoms with E-state index in [1.54, 1.807) is 12.1 Å². The Balaban J connectivity index is 2.94. The molecule has 15 heavy (non-hydrogen) atoms. The van der Waals surface area contributed by atoms with E-state index in [4.69, 9.17) is 0 Å². The largest absolute Gasteiger partial charge is 0.507 e. The molecule has 0 spiro atoms. The lowest BCUT2D eigenvalue weighted by molar-refractivity contribution is 0.404. The summed E-state index contributed by atoms with van der Waals surface area (Å²) in [4.78, 5) is 0. The topological polar surface area (TPSA) is 60.7 Å². The normalized spacial score (nSPS) is 10.4. The molecule has 0 aliphatic carbocycles. The summed E-state index contributed by atoms with van der Waals surface area (Å²) in [5.74, 6) is -0.402. The maximum atomic E-state index is 9.58. The molecule has 3 heteroatoms. The Kier molecular flexibility index (Phi) is 2.01. The molecule has 0 atom stereocenters. The highest BCUT2D eigenvalue weighted by atomic mass is 16.3. The molecule has 3 nitrogen and oxygen atoms in total. The first kappa shape index (κ1) is 9.40. The summed E-state index contributed by atoms with van der Waals surface area (Å²) in [6.45, 7) is 3.64.